The van der Waals surface area contributed by atoms with Gasteiger partial charge in [-0.2, -0.15) is 0 Å². The van der Waals surface area contributed by atoms with Gasteiger partial charge in [0.1, 0.15) is 9.57 Å². The van der Waals surface area contributed by atoms with Crippen LogP contribution in [0.15, 0.2) is 72.8 Å². The highest BCUT2D eigenvalue weighted by Crippen LogP contribution is 2.38. The van der Waals surface area contributed by atoms with Crippen molar-refractivity contribution in [1.29, 1.82) is 0 Å². The second-order valence-corrected chi connectivity index (χ2v) is 13.5. The molecule has 1 aromatic heterocycles. The highest BCUT2D eigenvalue weighted by molar-refractivity contribution is 7.80. The van der Waals surface area contributed by atoms with Gasteiger partial charge in [0, 0.05) is 11.3 Å². The van der Waals surface area contributed by atoms with Crippen molar-refractivity contribution < 1.29 is 24.9 Å². The van der Waals surface area contributed by atoms with Gasteiger partial charge in [0.2, 0.25) is 0 Å². The van der Waals surface area contributed by atoms with Crippen LogP contribution in [0.4, 0.5) is 0 Å². The van der Waals surface area contributed by atoms with Crippen LogP contribution >= 0.6 is 32.9 Å². The molecule has 3 aromatic rings. The summed E-state index contributed by atoms with van der Waals surface area (Å²) in [4.78, 5) is 13.4. The van der Waals surface area contributed by atoms with E-state index in [0.717, 1.165) is 27.1 Å². The minimum absolute atomic E-state index is 0.0203. The molecule has 0 bridgehead atoms. The third-order valence-electron chi connectivity index (χ3n) is 7.62. The molecule has 1 aliphatic carbocycles. The molecular formula is C32H38O5S3. The molecule has 2 aromatic carbocycles. The predicted molar refractivity (Wildman–Crippen MR) is 165 cm³/mol. The topological polar surface area (TPSA) is 87.0 Å². The number of benzene rings is 2. The highest BCUT2D eigenvalue weighted by atomic mass is 32.9. The average Bonchev–Trinajstić information content (AvgIpc) is 3.50. The summed E-state index contributed by atoms with van der Waals surface area (Å²) in [7, 11) is 3.21. The monoisotopic (exact) mass is 598 g/mol. The van der Waals surface area contributed by atoms with Gasteiger partial charge >= 0.3 is 5.97 Å². The van der Waals surface area contributed by atoms with Crippen LogP contribution in [0, 0.1) is 15.7 Å². The molecule has 0 spiro atoms. The number of rotatable bonds is 14. The Labute approximate surface area is 249 Å². The van der Waals surface area contributed by atoms with Gasteiger partial charge in [0.15, 0.2) is 0 Å². The summed E-state index contributed by atoms with van der Waals surface area (Å²) in [6.07, 6.45) is 8.26. The Morgan fingerprint density at radius 1 is 1.00 bits per heavy atom. The smallest absolute Gasteiger partial charge is 0.311 e. The van der Waals surface area contributed by atoms with E-state index < -0.39 is 18.3 Å². The zero-order chi connectivity index (χ0) is 28.3. The Balaban J connectivity index is 1.14. The number of hydrogen-bond acceptors (Lipinski definition) is 8. The van der Waals surface area contributed by atoms with Gasteiger partial charge < -0.3 is 20.1 Å². The van der Waals surface area contributed by atoms with Crippen LogP contribution in [0.1, 0.15) is 56.9 Å². The molecule has 0 amide bonds. The molecule has 1 aliphatic rings. The molecule has 214 valence electrons. The molecule has 0 unspecified atom stereocenters. The van der Waals surface area contributed by atoms with Crippen molar-refractivity contribution in [1.82, 2.24) is 0 Å². The number of aliphatic hydroxyl groups is 3. The minimum atomic E-state index is -0.538. The van der Waals surface area contributed by atoms with Crippen LogP contribution in [0.25, 0.3) is 10.4 Å². The summed E-state index contributed by atoms with van der Waals surface area (Å²) in [5.74, 6) is 0.236. The Kier molecular flexibility index (Phi) is 12.1. The van der Waals surface area contributed by atoms with Crippen molar-refractivity contribution in [2.75, 3.05) is 0 Å². The predicted octanol–water partition coefficient (Wildman–Crippen LogP) is 7.36. The summed E-state index contributed by atoms with van der Waals surface area (Å²) >= 11 is 5.19. The molecular weight excluding hydrogens is 561 g/mol. The number of aryl methyl sites for hydroxylation is 1. The average molecular weight is 599 g/mol. The number of esters is 1. The normalized spacial score (nSPS) is 21.6. The minimum Gasteiger partial charge on any atom is -0.427 e. The van der Waals surface area contributed by atoms with Gasteiger partial charge in [0.25, 0.3) is 0 Å². The third kappa shape index (κ3) is 9.43. The van der Waals surface area contributed by atoms with E-state index in [-0.39, 0.29) is 17.8 Å². The van der Waals surface area contributed by atoms with Crippen LogP contribution in [0.3, 0.4) is 0 Å². The molecule has 1 saturated carbocycles. The van der Waals surface area contributed by atoms with E-state index in [9.17, 15) is 20.1 Å². The first kappa shape index (κ1) is 30.8. The fourth-order valence-corrected chi connectivity index (χ4v) is 7.79. The Morgan fingerprint density at radius 2 is 1.75 bits per heavy atom. The first-order valence-corrected chi connectivity index (χ1v) is 16.6. The van der Waals surface area contributed by atoms with E-state index in [2.05, 4.69) is 18.2 Å². The quantitative estimate of drug-likeness (QED) is 0.0449. The summed E-state index contributed by atoms with van der Waals surface area (Å²) in [5, 5.41) is 31.5. The largest absolute Gasteiger partial charge is 0.427 e. The van der Waals surface area contributed by atoms with Gasteiger partial charge in [-0.25, -0.2) is 0 Å². The van der Waals surface area contributed by atoms with E-state index in [1.165, 1.54) is 5.56 Å². The van der Waals surface area contributed by atoms with E-state index in [0.29, 0.717) is 50.7 Å². The maximum atomic E-state index is 12.3. The fourth-order valence-electron chi connectivity index (χ4n) is 5.39. The number of carbonyl (C=O) groups excluding carboxylic acids is 1. The van der Waals surface area contributed by atoms with E-state index >= 15 is 0 Å². The van der Waals surface area contributed by atoms with Crippen molar-refractivity contribution in [3.05, 3.63) is 82.2 Å². The first-order chi connectivity index (χ1) is 19.4. The molecule has 4 rings (SSSR count). The van der Waals surface area contributed by atoms with Crippen molar-refractivity contribution in [2.45, 2.75) is 76.1 Å². The molecule has 0 saturated heterocycles. The Bertz CT molecular complexity index is 1270. The Hall–Kier alpha value is -2.20. The van der Waals surface area contributed by atoms with Crippen LogP contribution in [-0.4, -0.2) is 39.6 Å². The lowest BCUT2D eigenvalue weighted by molar-refractivity contribution is -0.134. The SMILES string of the molecule is O=C(CCC/C=C\C[C@@H]1[C@@H](CC[C@@H](O)CCc2ccccc2)[C@H](O)C[C@H]1O)Oc1ccc(-c2cc(=S)ss2)cc1. The number of ether oxygens (including phenoxy) is 1. The Morgan fingerprint density at radius 3 is 2.48 bits per heavy atom. The number of aliphatic hydroxyl groups excluding tert-OH is 3. The van der Waals surface area contributed by atoms with Crippen molar-refractivity contribution in [2.24, 2.45) is 11.8 Å². The summed E-state index contributed by atoms with van der Waals surface area (Å²) in [5.41, 5.74) is 2.27. The van der Waals surface area contributed by atoms with Crippen LogP contribution in [-0.2, 0) is 11.2 Å². The second-order valence-electron chi connectivity index (χ2n) is 10.5. The van der Waals surface area contributed by atoms with E-state index in [1.54, 1.807) is 32.8 Å². The van der Waals surface area contributed by atoms with Crippen molar-refractivity contribution in [3.63, 3.8) is 0 Å². The van der Waals surface area contributed by atoms with E-state index in [4.69, 9.17) is 17.0 Å². The first-order valence-electron chi connectivity index (χ1n) is 14.0. The lowest BCUT2D eigenvalue weighted by Gasteiger charge is -2.23. The van der Waals surface area contributed by atoms with Crippen LogP contribution in [0.2, 0.25) is 0 Å². The maximum Gasteiger partial charge on any atom is 0.311 e. The van der Waals surface area contributed by atoms with Gasteiger partial charge in [-0.15, -0.1) is 0 Å². The molecule has 8 heteroatoms. The summed E-state index contributed by atoms with van der Waals surface area (Å²) < 4.78 is 6.33. The molecule has 0 radical (unpaired) electrons. The van der Waals surface area contributed by atoms with Gasteiger partial charge in [-0.05, 0) is 105 Å². The van der Waals surface area contributed by atoms with Crippen LogP contribution < -0.4 is 4.74 Å². The van der Waals surface area contributed by atoms with Gasteiger partial charge in [-0.3, -0.25) is 4.79 Å². The van der Waals surface area contributed by atoms with Gasteiger partial charge in [-0.1, -0.05) is 75.4 Å². The molecule has 0 aliphatic heterocycles. The van der Waals surface area contributed by atoms with Crippen molar-refractivity contribution in [3.8, 4) is 16.2 Å². The molecule has 1 fully saturated rings. The standard InChI is InChI=1S/C32H38O5S3/c33-24(15-12-22-8-4-3-5-9-22)16-19-27-26(28(34)20-29(27)35)10-6-1-2-7-11-31(36)37-25-17-13-23(14-18-25)30-21-32(38)40-39-30/h1,3-6,8-9,13-14,17-18,21,24,26-29,33-35H,2,7,10-12,15-16,19-20H2/b6-1-/t24-,26+,27+,28+,29+/m0/s1. The van der Waals surface area contributed by atoms with Gasteiger partial charge in [0.05, 0.1) is 18.3 Å². The lowest BCUT2D eigenvalue weighted by Crippen LogP contribution is -2.23. The maximum absolute atomic E-state index is 12.3. The number of allylic oxidation sites excluding steroid dienone is 2. The molecule has 40 heavy (non-hydrogen) atoms. The molecule has 5 nitrogen and oxygen atoms in total. The number of hydrogen-bond donors (Lipinski definition) is 3. The highest BCUT2D eigenvalue weighted by Gasteiger charge is 2.40. The summed E-state index contributed by atoms with van der Waals surface area (Å²) in [6, 6.07) is 19.6. The zero-order valence-electron chi connectivity index (χ0n) is 22.6. The molecule has 5 atom stereocenters. The van der Waals surface area contributed by atoms with Crippen LogP contribution in [0.5, 0.6) is 5.75 Å². The zero-order valence-corrected chi connectivity index (χ0v) is 25.0. The number of carbonyl (C=O) groups is 1. The lowest BCUT2D eigenvalue weighted by atomic mass is 9.85. The summed E-state index contributed by atoms with van der Waals surface area (Å²) in [6.45, 7) is 0. The second kappa shape index (κ2) is 15.7. The fraction of sp³-hybridized carbons (Fsp3) is 0.438. The van der Waals surface area contributed by atoms with Crippen molar-refractivity contribution >= 4 is 38.9 Å². The molecule has 1 heterocycles. The third-order valence-corrected chi connectivity index (χ3v) is 10.5. The molecule has 3 N–H and O–H groups in total. The van der Waals surface area contributed by atoms with E-state index in [1.807, 2.05) is 42.5 Å². The number of unbranched alkanes of at least 4 members (excludes halogenated alkanes) is 1.